The van der Waals surface area contributed by atoms with Gasteiger partial charge in [0.05, 0.1) is 14.9 Å². The molecule has 0 saturated heterocycles. The van der Waals surface area contributed by atoms with Crippen molar-refractivity contribution < 1.29 is 0 Å². The van der Waals surface area contributed by atoms with E-state index in [2.05, 4.69) is 48.1 Å². The Hall–Kier alpha value is -1.78. The summed E-state index contributed by atoms with van der Waals surface area (Å²) < 4.78 is 2.90. The average Bonchev–Trinajstić information content (AvgIpc) is 3.06. The molecule has 3 aromatic rings. The molecule has 2 aromatic heterocycles. The van der Waals surface area contributed by atoms with Crippen molar-refractivity contribution in [2.75, 3.05) is 11.9 Å². The zero-order chi connectivity index (χ0) is 16.7. The summed E-state index contributed by atoms with van der Waals surface area (Å²) in [6.45, 7) is 5.31. The van der Waals surface area contributed by atoms with Crippen molar-refractivity contribution in [2.45, 2.75) is 33.1 Å². The summed E-state index contributed by atoms with van der Waals surface area (Å²) in [5.41, 5.74) is 6.08. The highest BCUT2D eigenvalue weighted by Crippen LogP contribution is 2.38. The topological polar surface area (TPSA) is 29.9 Å². The van der Waals surface area contributed by atoms with Crippen LogP contribution in [0.15, 0.2) is 30.3 Å². The molecule has 124 valence electrons. The molecule has 0 bridgehead atoms. The fourth-order valence-electron chi connectivity index (χ4n) is 3.28. The van der Waals surface area contributed by atoms with Crippen LogP contribution in [-0.4, -0.2) is 16.3 Å². The molecule has 1 N–H and O–H groups in total. The minimum Gasteiger partial charge on any atom is -0.370 e. The van der Waals surface area contributed by atoms with E-state index in [1.165, 1.54) is 29.5 Å². The Bertz CT molecular complexity index is 894. The van der Waals surface area contributed by atoms with E-state index in [1.54, 1.807) is 11.3 Å². The van der Waals surface area contributed by atoms with Gasteiger partial charge in [-0.15, -0.1) is 11.3 Å². The largest absolute Gasteiger partial charge is 0.370 e. The van der Waals surface area contributed by atoms with Crippen LogP contribution in [0.25, 0.3) is 16.3 Å². The zero-order valence-electron chi connectivity index (χ0n) is 13.9. The second kappa shape index (κ2) is 6.26. The molecule has 0 amide bonds. The lowest BCUT2D eigenvalue weighted by Gasteiger charge is -2.13. The minimum atomic E-state index is 0.807. The quantitative estimate of drug-likeness (QED) is 0.645. The van der Waals surface area contributed by atoms with Crippen molar-refractivity contribution in [3.63, 3.8) is 0 Å². The molecular weight excluding hydrogens is 338 g/mol. The second-order valence-electron chi connectivity index (χ2n) is 6.29. The number of aryl methyl sites for hydroxylation is 1. The van der Waals surface area contributed by atoms with Crippen molar-refractivity contribution in [3.8, 4) is 16.3 Å². The molecule has 0 atom stereocenters. The third kappa shape index (κ3) is 2.64. The standard InChI is InChI=1S/C19H20ClN3S/c1-12-6-5-8-15(13(12)2)23-19-14(7-3-4-11-21-19)18(22-23)16-9-10-17(20)24-16/h5-6,8-10,21H,3-4,7,11H2,1-2H3. The first-order chi connectivity index (χ1) is 11.6. The van der Waals surface area contributed by atoms with E-state index in [4.69, 9.17) is 16.7 Å². The number of rotatable bonds is 2. The maximum atomic E-state index is 6.16. The maximum absolute atomic E-state index is 6.16. The van der Waals surface area contributed by atoms with Crippen LogP contribution in [0, 0.1) is 13.8 Å². The monoisotopic (exact) mass is 357 g/mol. The molecule has 3 heterocycles. The van der Waals surface area contributed by atoms with Crippen molar-refractivity contribution in [1.29, 1.82) is 0 Å². The summed E-state index contributed by atoms with van der Waals surface area (Å²) in [7, 11) is 0. The number of benzene rings is 1. The average molecular weight is 358 g/mol. The molecule has 0 radical (unpaired) electrons. The van der Waals surface area contributed by atoms with Crippen LogP contribution in [0.2, 0.25) is 4.34 Å². The van der Waals surface area contributed by atoms with E-state index in [-0.39, 0.29) is 0 Å². The fourth-order valence-corrected chi connectivity index (χ4v) is 4.34. The number of halogens is 1. The SMILES string of the molecule is Cc1cccc(-n2nc(-c3ccc(Cl)s3)c3c2NCCCC3)c1C. The molecule has 0 spiro atoms. The molecule has 0 fully saturated rings. The van der Waals surface area contributed by atoms with Gasteiger partial charge in [-0.3, -0.25) is 0 Å². The molecular formula is C19H20ClN3S. The van der Waals surface area contributed by atoms with Crippen LogP contribution in [0.3, 0.4) is 0 Å². The number of anilines is 1. The van der Waals surface area contributed by atoms with Crippen LogP contribution in [0.4, 0.5) is 5.82 Å². The summed E-state index contributed by atoms with van der Waals surface area (Å²) >= 11 is 7.76. The van der Waals surface area contributed by atoms with Gasteiger partial charge < -0.3 is 5.32 Å². The van der Waals surface area contributed by atoms with Gasteiger partial charge in [0, 0.05) is 12.1 Å². The molecule has 1 aliphatic rings. The number of nitrogens with one attached hydrogen (secondary N) is 1. The number of thiophene rings is 1. The Morgan fingerprint density at radius 3 is 2.83 bits per heavy atom. The molecule has 0 saturated carbocycles. The summed E-state index contributed by atoms with van der Waals surface area (Å²) in [6, 6.07) is 10.4. The Morgan fingerprint density at radius 2 is 2.04 bits per heavy atom. The highest BCUT2D eigenvalue weighted by atomic mass is 35.5. The van der Waals surface area contributed by atoms with Gasteiger partial charge in [0.1, 0.15) is 11.5 Å². The smallest absolute Gasteiger partial charge is 0.133 e. The van der Waals surface area contributed by atoms with Gasteiger partial charge >= 0.3 is 0 Å². The highest BCUT2D eigenvalue weighted by Gasteiger charge is 2.23. The maximum Gasteiger partial charge on any atom is 0.133 e. The van der Waals surface area contributed by atoms with Crippen LogP contribution in [-0.2, 0) is 6.42 Å². The van der Waals surface area contributed by atoms with E-state index < -0.39 is 0 Å². The van der Waals surface area contributed by atoms with Gasteiger partial charge in [0.2, 0.25) is 0 Å². The van der Waals surface area contributed by atoms with Gasteiger partial charge in [-0.1, -0.05) is 23.7 Å². The van der Waals surface area contributed by atoms with E-state index in [9.17, 15) is 0 Å². The molecule has 0 unspecified atom stereocenters. The predicted molar refractivity (Wildman–Crippen MR) is 103 cm³/mol. The number of nitrogens with zero attached hydrogens (tertiary/aromatic N) is 2. The van der Waals surface area contributed by atoms with Crippen LogP contribution in [0.5, 0.6) is 0 Å². The lowest BCUT2D eigenvalue weighted by molar-refractivity contribution is 0.780. The molecule has 1 aromatic carbocycles. The Kier molecular flexibility index (Phi) is 4.10. The number of hydrogen-bond donors (Lipinski definition) is 1. The molecule has 5 heteroatoms. The first kappa shape index (κ1) is 15.7. The Balaban J connectivity index is 1.94. The van der Waals surface area contributed by atoms with Gasteiger partial charge in [-0.2, -0.15) is 5.10 Å². The van der Waals surface area contributed by atoms with Crippen LogP contribution in [0.1, 0.15) is 29.5 Å². The Labute approximate surface area is 151 Å². The molecule has 4 rings (SSSR count). The summed E-state index contributed by atoms with van der Waals surface area (Å²) in [5.74, 6) is 1.14. The highest BCUT2D eigenvalue weighted by molar-refractivity contribution is 7.19. The van der Waals surface area contributed by atoms with E-state index in [0.29, 0.717) is 0 Å². The summed E-state index contributed by atoms with van der Waals surface area (Å²) in [6.07, 6.45) is 3.43. The first-order valence-electron chi connectivity index (χ1n) is 8.33. The van der Waals surface area contributed by atoms with Gasteiger partial charge in [0.15, 0.2) is 0 Å². The fraction of sp³-hybridized carbons (Fsp3) is 0.316. The van der Waals surface area contributed by atoms with Crippen LogP contribution >= 0.6 is 22.9 Å². The third-order valence-electron chi connectivity index (χ3n) is 4.74. The number of hydrogen-bond acceptors (Lipinski definition) is 3. The first-order valence-corrected chi connectivity index (χ1v) is 9.52. The second-order valence-corrected chi connectivity index (χ2v) is 8.01. The molecule has 1 aliphatic heterocycles. The molecule has 24 heavy (non-hydrogen) atoms. The minimum absolute atomic E-state index is 0.807. The van der Waals surface area contributed by atoms with Gasteiger partial charge in [0.25, 0.3) is 0 Å². The summed E-state index contributed by atoms with van der Waals surface area (Å²) in [4.78, 5) is 1.14. The normalized spacial score (nSPS) is 14.1. The van der Waals surface area contributed by atoms with E-state index in [0.717, 1.165) is 39.4 Å². The van der Waals surface area contributed by atoms with Gasteiger partial charge in [-0.05, 0) is 62.4 Å². The van der Waals surface area contributed by atoms with Crippen molar-refractivity contribution in [3.05, 3.63) is 51.4 Å². The summed E-state index contributed by atoms with van der Waals surface area (Å²) in [5, 5.41) is 8.60. The van der Waals surface area contributed by atoms with E-state index >= 15 is 0 Å². The number of aromatic nitrogens is 2. The van der Waals surface area contributed by atoms with Gasteiger partial charge in [-0.25, -0.2) is 4.68 Å². The van der Waals surface area contributed by atoms with Crippen molar-refractivity contribution in [1.82, 2.24) is 9.78 Å². The lowest BCUT2D eigenvalue weighted by atomic mass is 10.1. The van der Waals surface area contributed by atoms with Crippen molar-refractivity contribution >= 4 is 28.8 Å². The van der Waals surface area contributed by atoms with Crippen LogP contribution < -0.4 is 5.32 Å². The molecule has 3 nitrogen and oxygen atoms in total. The third-order valence-corrected chi connectivity index (χ3v) is 5.98. The predicted octanol–water partition coefficient (Wildman–Crippen LogP) is 5.62. The van der Waals surface area contributed by atoms with E-state index in [1.807, 2.05) is 6.07 Å². The Morgan fingerprint density at radius 1 is 1.17 bits per heavy atom. The van der Waals surface area contributed by atoms with Crippen molar-refractivity contribution in [2.24, 2.45) is 0 Å². The zero-order valence-corrected chi connectivity index (χ0v) is 15.5. The molecule has 0 aliphatic carbocycles. The lowest BCUT2D eigenvalue weighted by Crippen LogP contribution is -2.08. The number of fused-ring (bicyclic) bond motifs is 1.